The lowest BCUT2D eigenvalue weighted by Crippen LogP contribution is -1.99. The van der Waals surface area contributed by atoms with E-state index < -0.39 is 18.6 Å². The summed E-state index contributed by atoms with van der Waals surface area (Å²) >= 11 is 5.41. The van der Waals surface area contributed by atoms with Crippen molar-refractivity contribution in [2.45, 2.75) is 6.10 Å². The quantitative estimate of drug-likeness (QED) is 0.763. The lowest BCUT2D eigenvalue weighted by atomic mass is 10.1. The van der Waals surface area contributed by atoms with Gasteiger partial charge in [-0.3, -0.25) is 0 Å². The van der Waals surface area contributed by atoms with Crippen molar-refractivity contribution < 1.29 is 13.9 Å². The number of aliphatic hydroxyl groups is 1. The lowest BCUT2D eigenvalue weighted by Gasteiger charge is -2.06. The van der Waals surface area contributed by atoms with Gasteiger partial charge in [0.05, 0.1) is 5.02 Å². The van der Waals surface area contributed by atoms with E-state index in [9.17, 15) is 8.78 Å². The van der Waals surface area contributed by atoms with Gasteiger partial charge >= 0.3 is 0 Å². The third-order valence-corrected chi connectivity index (χ3v) is 1.76. The number of hydrogen-bond acceptors (Lipinski definition) is 1. The van der Waals surface area contributed by atoms with Gasteiger partial charge in [0.25, 0.3) is 0 Å². The Morgan fingerprint density at radius 2 is 2.17 bits per heavy atom. The molecular formula is C8H7ClF2O. The Labute approximate surface area is 73.6 Å². The van der Waals surface area contributed by atoms with Crippen molar-refractivity contribution in [2.24, 2.45) is 0 Å². The van der Waals surface area contributed by atoms with Crippen LogP contribution in [0.2, 0.25) is 5.02 Å². The van der Waals surface area contributed by atoms with Crippen LogP contribution in [0.3, 0.4) is 0 Å². The maximum absolute atomic E-state index is 12.6. The van der Waals surface area contributed by atoms with Crippen LogP contribution in [0.15, 0.2) is 18.2 Å². The number of alkyl halides is 1. The Bertz CT molecular complexity index is 278. The van der Waals surface area contributed by atoms with Crippen LogP contribution in [0.25, 0.3) is 0 Å². The maximum Gasteiger partial charge on any atom is 0.141 e. The molecule has 0 radical (unpaired) electrons. The van der Waals surface area contributed by atoms with Crippen molar-refractivity contribution in [3.8, 4) is 0 Å². The summed E-state index contributed by atoms with van der Waals surface area (Å²) < 4.78 is 24.5. The van der Waals surface area contributed by atoms with Gasteiger partial charge < -0.3 is 5.11 Å². The van der Waals surface area contributed by atoms with Gasteiger partial charge in [-0.05, 0) is 17.7 Å². The molecule has 12 heavy (non-hydrogen) atoms. The molecule has 0 aromatic heterocycles. The molecule has 0 fully saturated rings. The fraction of sp³-hybridized carbons (Fsp3) is 0.250. The van der Waals surface area contributed by atoms with Gasteiger partial charge in [-0.15, -0.1) is 0 Å². The van der Waals surface area contributed by atoms with Crippen LogP contribution in [0.4, 0.5) is 8.78 Å². The summed E-state index contributed by atoms with van der Waals surface area (Å²) in [6.07, 6.45) is -1.22. The van der Waals surface area contributed by atoms with Crippen LogP contribution >= 0.6 is 11.6 Å². The summed E-state index contributed by atoms with van der Waals surface area (Å²) in [5.41, 5.74) is 0.281. The summed E-state index contributed by atoms with van der Waals surface area (Å²) in [5.74, 6) is -0.577. The molecule has 0 amide bonds. The van der Waals surface area contributed by atoms with Crippen LogP contribution in [0.5, 0.6) is 0 Å². The van der Waals surface area contributed by atoms with Gasteiger partial charge in [-0.25, -0.2) is 8.78 Å². The zero-order chi connectivity index (χ0) is 9.14. The number of hydrogen-bond donors (Lipinski definition) is 1. The van der Waals surface area contributed by atoms with Crippen molar-refractivity contribution >= 4 is 11.6 Å². The monoisotopic (exact) mass is 192 g/mol. The number of aliphatic hydroxyl groups excluding tert-OH is 1. The number of benzene rings is 1. The SMILES string of the molecule is OC(CF)c1ccc(F)c(Cl)c1. The molecule has 0 aliphatic carbocycles. The maximum atomic E-state index is 12.6. The summed E-state index contributed by atoms with van der Waals surface area (Å²) in [6, 6.07) is 3.60. The van der Waals surface area contributed by atoms with E-state index in [1.165, 1.54) is 12.1 Å². The molecule has 0 bridgehead atoms. The highest BCUT2D eigenvalue weighted by Gasteiger charge is 2.08. The van der Waals surface area contributed by atoms with Crippen LogP contribution in [-0.2, 0) is 0 Å². The van der Waals surface area contributed by atoms with Crippen LogP contribution in [0.1, 0.15) is 11.7 Å². The standard InChI is InChI=1S/C8H7ClF2O/c9-6-3-5(8(12)4-10)1-2-7(6)11/h1-3,8,12H,4H2. The van der Waals surface area contributed by atoms with Crippen molar-refractivity contribution in [1.82, 2.24) is 0 Å². The molecule has 1 aromatic carbocycles. The Morgan fingerprint density at radius 3 is 2.67 bits per heavy atom. The number of halogens is 3. The van der Waals surface area contributed by atoms with Gasteiger partial charge in [0.1, 0.15) is 18.6 Å². The number of rotatable bonds is 2. The van der Waals surface area contributed by atoms with Crippen molar-refractivity contribution in [2.75, 3.05) is 6.67 Å². The van der Waals surface area contributed by atoms with Crippen molar-refractivity contribution in [3.05, 3.63) is 34.6 Å². The Kier molecular flexibility index (Phi) is 3.00. The molecule has 1 rings (SSSR count). The van der Waals surface area contributed by atoms with E-state index in [4.69, 9.17) is 16.7 Å². The Morgan fingerprint density at radius 1 is 1.50 bits per heavy atom. The minimum absolute atomic E-state index is 0.111. The normalized spacial score (nSPS) is 13.0. The van der Waals surface area contributed by atoms with Crippen LogP contribution in [-0.4, -0.2) is 11.8 Å². The fourth-order valence-electron chi connectivity index (χ4n) is 0.809. The zero-order valence-electron chi connectivity index (χ0n) is 6.10. The molecule has 1 unspecified atom stereocenters. The van der Waals surface area contributed by atoms with E-state index in [-0.39, 0.29) is 10.6 Å². The predicted molar refractivity (Wildman–Crippen MR) is 42.3 cm³/mol. The first kappa shape index (κ1) is 9.42. The van der Waals surface area contributed by atoms with Gasteiger partial charge in [-0.1, -0.05) is 17.7 Å². The summed E-state index contributed by atoms with van der Waals surface area (Å²) in [6.45, 7) is -0.901. The molecule has 0 saturated carbocycles. The average molecular weight is 193 g/mol. The summed E-state index contributed by atoms with van der Waals surface area (Å²) in [4.78, 5) is 0. The van der Waals surface area contributed by atoms with E-state index in [2.05, 4.69) is 0 Å². The fourth-order valence-corrected chi connectivity index (χ4v) is 0.998. The van der Waals surface area contributed by atoms with Crippen LogP contribution in [0, 0.1) is 5.82 Å². The van der Waals surface area contributed by atoms with Crippen molar-refractivity contribution in [3.63, 3.8) is 0 Å². The molecule has 0 aliphatic heterocycles. The lowest BCUT2D eigenvalue weighted by molar-refractivity contribution is 0.141. The summed E-state index contributed by atoms with van der Waals surface area (Å²) in [7, 11) is 0. The van der Waals surface area contributed by atoms with E-state index in [1.54, 1.807) is 0 Å². The highest BCUT2D eigenvalue weighted by atomic mass is 35.5. The van der Waals surface area contributed by atoms with Gasteiger partial charge in [0, 0.05) is 0 Å². The van der Waals surface area contributed by atoms with E-state index in [0.29, 0.717) is 0 Å². The topological polar surface area (TPSA) is 20.2 Å². The van der Waals surface area contributed by atoms with Gasteiger partial charge in [0.2, 0.25) is 0 Å². The second-order valence-electron chi connectivity index (χ2n) is 2.34. The van der Waals surface area contributed by atoms with Crippen molar-refractivity contribution in [1.29, 1.82) is 0 Å². The first-order valence-electron chi connectivity index (χ1n) is 3.34. The third kappa shape index (κ3) is 1.93. The van der Waals surface area contributed by atoms with Gasteiger partial charge in [-0.2, -0.15) is 0 Å². The highest BCUT2D eigenvalue weighted by molar-refractivity contribution is 6.30. The van der Waals surface area contributed by atoms with Gasteiger partial charge in [0.15, 0.2) is 0 Å². The van der Waals surface area contributed by atoms with E-state index in [0.717, 1.165) is 6.07 Å². The summed E-state index contributed by atoms with van der Waals surface area (Å²) in [5, 5.41) is 8.88. The molecular weight excluding hydrogens is 186 g/mol. The minimum atomic E-state index is -1.22. The third-order valence-electron chi connectivity index (χ3n) is 1.47. The molecule has 0 heterocycles. The first-order valence-corrected chi connectivity index (χ1v) is 3.72. The first-order chi connectivity index (χ1) is 5.65. The van der Waals surface area contributed by atoms with E-state index in [1.807, 2.05) is 0 Å². The predicted octanol–water partition coefficient (Wildman–Crippen LogP) is 2.48. The highest BCUT2D eigenvalue weighted by Crippen LogP contribution is 2.20. The Hall–Kier alpha value is -0.670. The molecule has 66 valence electrons. The Balaban J connectivity index is 2.96. The van der Waals surface area contributed by atoms with Crippen LogP contribution < -0.4 is 0 Å². The molecule has 1 aromatic rings. The largest absolute Gasteiger partial charge is 0.386 e. The smallest absolute Gasteiger partial charge is 0.141 e. The molecule has 1 atom stereocenters. The second kappa shape index (κ2) is 3.83. The average Bonchev–Trinajstić information content (AvgIpc) is 2.08. The molecule has 4 heteroatoms. The second-order valence-corrected chi connectivity index (χ2v) is 2.75. The molecule has 0 aliphatic rings. The molecule has 0 saturated heterocycles. The zero-order valence-corrected chi connectivity index (χ0v) is 6.85. The minimum Gasteiger partial charge on any atom is -0.386 e. The molecule has 0 spiro atoms. The molecule has 1 N–H and O–H groups in total. The molecule has 1 nitrogen and oxygen atoms in total. The van der Waals surface area contributed by atoms with E-state index >= 15 is 0 Å².